The highest BCUT2D eigenvalue weighted by Crippen LogP contribution is 2.32. The van der Waals surface area contributed by atoms with E-state index < -0.39 is 24.1 Å². The third kappa shape index (κ3) is 4.13. The first kappa shape index (κ1) is 14.1. The van der Waals surface area contributed by atoms with Gasteiger partial charge in [0, 0.05) is 0 Å². The molecule has 0 bridgehead atoms. The van der Waals surface area contributed by atoms with Crippen molar-refractivity contribution >= 4 is 5.91 Å². The molecule has 1 aromatic rings. The van der Waals surface area contributed by atoms with Crippen molar-refractivity contribution in [1.82, 2.24) is 5.43 Å². The minimum absolute atomic E-state index is 0.203. The van der Waals surface area contributed by atoms with Crippen molar-refractivity contribution in [2.24, 2.45) is 5.84 Å². The van der Waals surface area contributed by atoms with Crippen molar-refractivity contribution in [3.8, 4) is 11.5 Å². The summed E-state index contributed by atoms with van der Waals surface area (Å²) in [6.45, 7) is 1.34. The maximum Gasteiger partial charge on any atom is 0.573 e. The summed E-state index contributed by atoms with van der Waals surface area (Å²) in [5.41, 5.74) is 1.83. The van der Waals surface area contributed by atoms with E-state index in [0.29, 0.717) is 0 Å². The molecule has 1 aromatic carbocycles. The number of carbonyl (C=O) groups excluding carboxylic acids is 1. The van der Waals surface area contributed by atoms with Crippen molar-refractivity contribution in [3.05, 3.63) is 24.3 Å². The highest BCUT2D eigenvalue weighted by Gasteiger charge is 2.32. The minimum Gasteiger partial charge on any atom is -0.477 e. The number of hydrogen-bond donors (Lipinski definition) is 2. The number of nitrogens with two attached hydrogens (primary N) is 1. The maximum atomic E-state index is 12.1. The topological polar surface area (TPSA) is 73.6 Å². The summed E-state index contributed by atoms with van der Waals surface area (Å²) in [5, 5.41) is 0. The molecule has 8 heteroatoms. The van der Waals surface area contributed by atoms with Crippen LogP contribution in [0.25, 0.3) is 0 Å². The van der Waals surface area contributed by atoms with Crippen LogP contribution in [0.3, 0.4) is 0 Å². The fraction of sp³-hybridized carbons (Fsp3) is 0.300. The lowest BCUT2D eigenvalue weighted by molar-refractivity contribution is -0.275. The summed E-state index contributed by atoms with van der Waals surface area (Å²) in [6, 6.07) is 5.13. The quantitative estimate of drug-likeness (QED) is 0.489. The largest absolute Gasteiger partial charge is 0.573 e. The van der Waals surface area contributed by atoms with Gasteiger partial charge in [-0.25, -0.2) is 5.84 Å². The van der Waals surface area contributed by atoms with Crippen molar-refractivity contribution in [2.45, 2.75) is 19.4 Å². The predicted molar refractivity (Wildman–Crippen MR) is 55.5 cm³/mol. The van der Waals surface area contributed by atoms with E-state index in [2.05, 4.69) is 4.74 Å². The van der Waals surface area contributed by atoms with Gasteiger partial charge < -0.3 is 9.47 Å². The van der Waals surface area contributed by atoms with Crippen LogP contribution in [0.5, 0.6) is 11.5 Å². The number of amides is 1. The van der Waals surface area contributed by atoms with Gasteiger partial charge >= 0.3 is 6.36 Å². The molecule has 0 aliphatic carbocycles. The first-order chi connectivity index (χ1) is 8.33. The highest BCUT2D eigenvalue weighted by atomic mass is 19.4. The second kappa shape index (κ2) is 5.58. The van der Waals surface area contributed by atoms with Crippen molar-refractivity contribution in [1.29, 1.82) is 0 Å². The van der Waals surface area contributed by atoms with Crippen molar-refractivity contribution in [2.75, 3.05) is 0 Å². The number of hydrazine groups is 1. The van der Waals surface area contributed by atoms with E-state index in [1.165, 1.54) is 25.1 Å². The second-order valence-electron chi connectivity index (χ2n) is 3.26. The Balaban J connectivity index is 2.85. The third-order valence-electron chi connectivity index (χ3n) is 1.89. The lowest BCUT2D eigenvalue weighted by atomic mass is 10.3. The first-order valence-electron chi connectivity index (χ1n) is 4.85. The lowest BCUT2D eigenvalue weighted by Crippen LogP contribution is -2.40. The molecule has 0 fully saturated rings. The van der Waals surface area contributed by atoms with Crippen molar-refractivity contribution in [3.63, 3.8) is 0 Å². The van der Waals surface area contributed by atoms with Gasteiger partial charge in [0.05, 0.1) is 0 Å². The Bertz CT molecular complexity index is 423. The van der Waals surface area contributed by atoms with Gasteiger partial charge in [0.25, 0.3) is 5.91 Å². The Labute approximate surface area is 101 Å². The molecule has 0 heterocycles. The molecule has 0 aliphatic rings. The Morgan fingerprint density at radius 3 is 2.39 bits per heavy atom. The molecule has 0 saturated carbocycles. The Hall–Kier alpha value is -1.96. The van der Waals surface area contributed by atoms with E-state index in [1.807, 2.05) is 5.43 Å². The van der Waals surface area contributed by atoms with Gasteiger partial charge in [-0.2, -0.15) is 0 Å². The summed E-state index contributed by atoms with van der Waals surface area (Å²) < 4.78 is 45.1. The smallest absolute Gasteiger partial charge is 0.477 e. The SMILES string of the molecule is CC(Oc1ccccc1OC(F)(F)F)C(=O)NN. The van der Waals surface area contributed by atoms with E-state index in [-0.39, 0.29) is 5.75 Å². The molecule has 0 aliphatic heterocycles. The van der Waals surface area contributed by atoms with Gasteiger partial charge in [-0.05, 0) is 19.1 Å². The summed E-state index contributed by atoms with van der Waals surface area (Å²) in [6.07, 6.45) is -5.88. The average molecular weight is 264 g/mol. The molecular formula is C10H11F3N2O3. The molecule has 0 aromatic heterocycles. The number of hydrogen-bond acceptors (Lipinski definition) is 4. The van der Waals surface area contributed by atoms with Crippen LogP contribution in [-0.2, 0) is 4.79 Å². The van der Waals surface area contributed by atoms with Crippen LogP contribution >= 0.6 is 0 Å². The molecule has 0 radical (unpaired) electrons. The maximum absolute atomic E-state index is 12.1. The van der Waals surface area contributed by atoms with Crippen LogP contribution in [0.2, 0.25) is 0 Å². The molecule has 5 nitrogen and oxygen atoms in total. The summed E-state index contributed by atoms with van der Waals surface area (Å²) in [4.78, 5) is 11.1. The highest BCUT2D eigenvalue weighted by molar-refractivity contribution is 5.80. The van der Waals surface area contributed by atoms with Gasteiger partial charge in [0.2, 0.25) is 0 Å². The predicted octanol–water partition coefficient (Wildman–Crippen LogP) is 1.34. The standard InChI is InChI=1S/C10H11F3N2O3/c1-6(9(16)15-14)17-7-4-2-3-5-8(7)18-10(11,12)13/h2-6H,14H2,1H3,(H,15,16). The first-order valence-corrected chi connectivity index (χ1v) is 4.85. The summed E-state index contributed by atoms with van der Waals surface area (Å²) >= 11 is 0. The summed E-state index contributed by atoms with van der Waals surface area (Å²) in [7, 11) is 0. The molecule has 1 atom stereocenters. The van der Waals surface area contributed by atoms with E-state index in [1.54, 1.807) is 0 Å². The average Bonchev–Trinajstić information content (AvgIpc) is 2.28. The Morgan fingerprint density at radius 2 is 1.89 bits per heavy atom. The van der Waals surface area contributed by atoms with E-state index in [0.717, 1.165) is 6.07 Å². The van der Waals surface area contributed by atoms with Gasteiger partial charge in [-0.1, -0.05) is 12.1 Å². The zero-order chi connectivity index (χ0) is 13.8. The molecular weight excluding hydrogens is 253 g/mol. The van der Waals surface area contributed by atoms with Crippen LogP contribution in [0, 0.1) is 0 Å². The molecule has 1 rings (SSSR count). The molecule has 18 heavy (non-hydrogen) atoms. The molecule has 0 spiro atoms. The normalized spacial score (nSPS) is 12.7. The zero-order valence-electron chi connectivity index (χ0n) is 9.32. The number of nitrogens with one attached hydrogen (secondary N) is 1. The van der Waals surface area contributed by atoms with Gasteiger partial charge in [0.1, 0.15) is 0 Å². The van der Waals surface area contributed by atoms with Crippen molar-refractivity contribution < 1.29 is 27.4 Å². The van der Waals surface area contributed by atoms with E-state index in [9.17, 15) is 18.0 Å². The third-order valence-corrected chi connectivity index (χ3v) is 1.89. The van der Waals surface area contributed by atoms with Gasteiger partial charge in [0.15, 0.2) is 17.6 Å². The Kier molecular flexibility index (Phi) is 4.38. The minimum atomic E-state index is -4.83. The monoisotopic (exact) mass is 264 g/mol. The molecule has 100 valence electrons. The van der Waals surface area contributed by atoms with Crippen LogP contribution in [0.4, 0.5) is 13.2 Å². The molecule has 1 amide bonds. The lowest BCUT2D eigenvalue weighted by Gasteiger charge is -2.17. The Morgan fingerprint density at radius 1 is 1.33 bits per heavy atom. The number of rotatable bonds is 4. The number of carbonyl (C=O) groups is 1. The van der Waals surface area contributed by atoms with E-state index in [4.69, 9.17) is 10.6 Å². The molecule has 1 unspecified atom stereocenters. The van der Waals surface area contributed by atoms with Crippen LogP contribution in [0.15, 0.2) is 24.3 Å². The number of alkyl halides is 3. The number of ether oxygens (including phenoxy) is 2. The van der Waals surface area contributed by atoms with Crippen LogP contribution in [-0.4, -0.2) is 18.4 Å². The van der Waals surface area contributed by atoms with Gasteiger partial charge in [-0.15, -0.1) is 13.2 Å². The van der Waals surface area contributed by atoms with Gasteiger partial charge in [-0.3, -0.25) is 10.2 Å². The zero-order valence-corrected chi connectivity index (χ0v) is 9.32. The molecule has 0 saturated heterocycles. The number of para-hydroxylation sites is 2. The number of halogens is 3. The van der Waals surface area contributed by atoms with Crippen LogP contribution in [0.1, 0.15) is 6.92 Å². The summed E-state index contributed by atoms with van der Waals surface area (Å²) in [5.74, 6) is 3.48. The fourth-order valence-electron chi connectivity index (χ4n) is 1.12. The second-order valence-corrected chi connectivity index (χ2v) is 3.26. The molecule has 3 N–H and O–H groups in total. The number of benzene rings is 1. The fourth-order valence-corrected chi connectivity index (χ4v) is 1.12. The van der Waals surface area contributed by atoms with E-state index >= 15 is 0 Å². The van der Waals surface area contributed by atoms with Crippen LogP contribution < -0.4 is 20.7 Å².